The Kier molecular flexibility index (Phi) is 1.90. The van der Waals surface area contributed by atoms with Crippen molar-refractivity contribution >= 4 is 0 Å². The van der Waals surface area contributed by atoms with E-state index in [1.807, 2.05) is 0 Å². The molecule has 3 unspecified atom stereocenters. The monoisotopic (exact) mass is 156 g/mol. The maximum atomic E-state index is 9.73. The highest BCUT2D eigenvalue weighted by atomic mass is 16.5. The molecule has 1 N–H and O–H groups in total. The molecular weight excluding hydrogens is 140 g/mol. The number of hydrogen-bond donors (Lipinski definition) is 1. The van der Waals surface area contributed by atoms with Gasteiger partial charge in [0, 0.05) is 6.61 Å². The Hall–Kier alpha value is -0.0800. The quantitative estimate of drug-likeness (QED) is 0.650. The molecule has 0 spiro atoms. The van der Waals surface area contributed by atoms with Crippen molar-refractivity contribution in [3.05, 3.63) is 0 Å². The van der Waals surface area contributed by atoms with Crippen molar-refractivity contribution in [1.29, 1.82) is 0 Å². The van der Waals surface area contributed by atoms with Gasteiger partial charge in [-0.05, 0) is 31.1 Å². The molecule has 2 fully saturated rings. The van der Waals surface area contributed by atoms with Crippen molar-refractivity contribution in [1.82, 2.24) is 0 Å². The minimum absolute atomic E-state index is 0.141. The topological polar surface area (TPSA) is 29.5 Å². The molecule has 0 bridgehead atoms. The smallest absolute Gasteiger partial charge is 0.0862 e. The summed E-state index contributed by atoms with van der Waals surface area (Å²) >= 11 is 0. The zero-order valence-electron chi connectivity index (χ0n) is 6.99. The number of ether oxygens (including phenoxy) is 1. The molecule has 0 radical (unpaired) electrons. The standard InChI is InChI=1S/C9H16O2/c1-6-4-5-11-9(6)8(10)7-2-3-7/h6-10H,2-5H2,1H3. The Bertz CT molecular complexity index is 142. The molecule has 2 nitrogen and oxygen atoms in total. The van der Waals surface area contributed by atoms with Gasteiger partial charge in [-0.25, -0.2) is 0 Å². The Morgan fingerprint density at radius 2 is 2.09 bits per heavy atom. The predicted molar refractivity (Wildman–Crippen MR) is 42.3 cm³/mol. The summed E-state index contributed by atoms with van der Waals surface area (Å²) in [7, 11) is 0. The second-order valence-electron chi connectivity index (χ2n) is 3.93. The minimum Gasteiger partial charge on any atom is -0.390 e. The van der Waals surface area contributed by atoms with Crippen molar-refractivity contribution in [2.45, 2.75) is 38.4 Å². The third-order valence-corrected chi connectivity index (χ3v) is 2.89. The summed E-state index contributed by atoms with van der Waals surface area (Å²) in [5.74, 6) is 1.12. The number of aliphatic hydroxyl groups is 1. The van der Waals surface area contributed by atoms with Crippen molar-refractivity contribution in [3.63, 3.8) is 0 Å². The summed E-state index contributed by atoms with van der Waals surface area (Å²) in [5.41, 5.74) is 0. The summed E-state index contributed by atoms with van der Waals surface area (Å²) in [5, 5.41) is 9.73. The molecule has 1 saturated carbocycles. The average molecular weight is 156 g/mol. The van der Waals surface area contributed by atoms with Gasteiger partial charge in [-0.1, -0.05) is 6.92 Å². The zero-order chi connectivity index (χ0) is 7.84. The Labute approximate surface area is 67.6 Å². The van der Waals surface area contributed by atoms with Gasteiger partial charge in [0.15, 0.2) is 0 Å². The van der Waals surface area contributed by atoms with Gasteiger partial charge in [-0.15, -0.1) is 0 Å². The number of hydrogen-bond acceptors (Lipinski definition) is 2. The first-order valence-electron chi connectivity index (χ1n) is 4.58. The molecule has 1 aliphatic carbocycles. The molecule has 2 heteroatoms. The van der Waals surface area contributed by atoms with E-state index in [9.17, 15) is 5.11 Å². The van der Waals surface area contributed by atoms with E-state index in [4.69, 9.17) is 4.74 Å². The van der Waals surface area contributed by atoms with Gasteiger partial charge in [0.2, 0.25) is 0 Å². The van der Waals surface area contributed by atoms with Gasteiger partial charge in [0.25, 0.3) is 0 Å². The summed E-state index contributed by atoms with van der Waals surface area (Å²) < 4.78 is 5.48. The van der Waals surface area contributed by atoms with Crippen LogP contribution in [-0.4, -0.2) is 23.9 Å². The van der Waals surface area contributed by atoms with E-state index in [-0.39, 0.29) is 12.2 Å². The molecule has 11 heavy (non-hydrogen) atoms. The first-order chi connectivity index (χ1) is 5.29. The van der Waals surface area contributed by atoms with E-state index in [1.165, 1.54) is 12.8 Å². The van der Waals surface area contributed by atoms with E-state index in [0.29, 0.717) is 11.8 Å². The van der Waals surface area contributed by atoms with E-state index >= 15 is 0 Å². The third-order valence-electron chi connectivity index (χ3n) is 2.89. The number of rotatable bonds is 2. The Balaban J connectivity index is 1.91. The van der Waals surface area contributed by atoms with Gasteiger partial charge in [-0.3, -0.25) is 0 Å². The summed E-state index contributed by atoms with van der Waals surface area (Å²) in [4.78, 5) is 0. The minimum atomic E-state index is -0.174. The van der Waals surface area contributed by atoms with E-state index in [1.54, 1.807) is 0 Å². The largest absolute Gasteiger partial charge is 0.390 e. The summed E-state index contributed by atoms with van der Waals surface area (Å²) in [6, 6.07) is 0. The molecule has 3 atom stereocenters. The van der Waals surface area contributed by atoms with Crippen LogP contribution in [0.25, 0.3) is 0 Å². The predicted octanol–water partition coefficient (Wildman–Crippen LogP) is 1.18. The molecule has 0 aromatic heterocycles. The normalized spacial score (nSPS) is 40.9. The van der Waals surface area contributed by atoms with E-state index < -0.39 is 0 Å². The molecular formula is C9H16O2. The van der Waals surface area contributed by atoms with Crippen molar-refractivity contribution in [3.8, 4) is 0 Å². The van der Waals surface area contributed by atoms with Crippen LogP contribution < -0.4 is 0 Å². The summed E-state index contributed by atoms with van der Waals surface area (Å²) in [6.45, 7) is 3.01. The van der Waals surface area contributed by atoms with E-state index in [2.05, 4.69) is 6.92 Å². The Morgan fingerprint density at radius 3 is 2.55 bits per heavy atom. The molecule has 0 amide bonds. The van der Waals surface area contributed by atoms with Crippen LogP contribution in [0.1, 0.15) is 26.2 Å². The van der Waals surface area contributed by atoms with Crippen molar-refractivity contribution < 1.29 is 9.84 Å². The van der Waals surface area contributed by atoms with Crippen LogP contribution in [0, 0.1) is 11.8 Å². The lowest BCUT2D eigenvalue weighted by Crippen LogP contribution is -2.31. The van der Waals surface area contributed by atoms with Crippen molar-refractivity contribution in [2.24, 2.45) is 11.8 Å². The maximum Gasteiger partial charge on any atom is 0.0862 e. The fourth-order valence-corrected chi connectivity index (χ4v) is 1.86. The molecule has 2 rings (SSSR count). The number of aliphatic hydroxyl groups excluding tert-OH is 1. The molecule has 1 aliphatic heterocycles. The molecule has 1 saturated heterocycles. The fourth-order valence-electron chi connectivity index (χ4n) is 1.86. The highest BCUT2D eigenvalue weighted by molar-refractivity contribution is 4.90. The van der Waals surface area contributed by atoms with Crippen LogP contribution in [0.2, 0.25) is 0 Å². The molecule has 64 valence electrons. The average Bonchev–Trinajstić information content (AvgIpc) is 2.74. The van der Waals surface area contributed by atoms with Gasteiger partial charge >= 0.3 is 0 Å². The van der Waals surface area contributed by atoms with Crippen LogP contribution in [0.4, 0.5) is 0 Å². The van der Waals surface area contributed by atoms with Gasteiger partial charge in [-0.2, -0.15) is 0 Å². The SMILES string of the molecule is CC1CCOC1C(O)C1CC1. The third kappa shape index (κ3) is 1.42. The first-order valence-corrected chi connectivity index (χ1v) is 4.58. The lowest BCUT2D eigenvalue weighted by molar-refractivity contribution is -0.0269. The van der Waals surface area contributed by atoms with Crippen LogP contribution in [0.5, 0.6) is 0 Å². The fraction of sp³-hybridized carbons (Fsp3) is 1.00. The van der Waals surface area contributed by atoms with Gasteiger partial charge in [0.1, 0.15) is 0 Å². The van der Waals surface area contributed by atoms with Crippen molar-refractivity contribution in [2.75, 3.05) is 6.61 Å². The summed E-state index contributed by atoms with van der Waals surface area (Å²) in [6.07, 6.45) is 3.49. The molecule has 1 heterocycles. The highest BCUT2D eigenvalue weighted by Gasteiger charge is 2.40. The van der Waals surface area contributed by atoms with Crippen LogP contribution >= 0.6 is 0 Å². The van der Waals surface area contributed by atoms with Gasteiger partial charge < -0.3 is 9.84 Å². The van der Waals surface area contributed by atoms with Crippen LogP contribution in [-0.2, 0) is 4.74 Å². The zero-order valence-corrected chi connectivity index (χ0v) is 6.99. The molecule has 0 aromatic carbocycles. The lowest BCUT2D eigenvalue weighted by atomic mass is 9.97. The first kappa shape index (κ1) is 7.56. The van der Waals surface area contributed by atoms with Gasteiger partial charge in [0.05, 0.1) is 12.2 Å². The lowest BCUT2D eigenvalue weighted by Gasteiger charge is -2.20. The highest BCUT2D eigenvalue weighted by Crippen LogP contribution is 2.38. The Morgan fingerprint density at radius 1 is 1.36 bits per heavy atom. The van der Waals surface area contributed by atoms with Crippen LogP contribution in [0.15, 0.2) is 0 Å². The maximum absolute atomic E-state index is 9.73. The molecule has 2 aliphatic rings. The molecule has 0 aromatic rings. The van der Waals surface area contributed by atoms with E-state index in [0.717, 1.165) is 13.0 Å². The second-order valence-corrected chi connectivity index (χ2v) is 3.93. The van der Waals surface area contributed by atoms with Crippen LogP contribution in [0.3, 0.4) is 0 Å². The second kappa shape index (κ2) is 2.76.